The van der Waals surface area contributed by atoms with Crippen molar-refractivity contribution < 1.29 is 9.90 Å². The average molecular weight is 295 g/mol. The molecule has 2 N–H and O–H groups in total. The smallest absolute Gasteiger partial charge is 0.329 e. The van der Waals surface area contributed by atoms with Gasteiger partial charge in [0.15, 0.2) is 0 Å². The Morgan fingerprint density at radius 2 is 2.24 bits per heavy atom. The molecule has 1 saturated carbocycles. The normalized spacial score (nSPS) is 16.7. The van der Waals surface area contributed by atoms with Gasteiger partial charge in [-0.25, -0.2) is 4.79 Å². The summed E-state index contributed by atoms with van der Waals surface area (Å²) in [6.45, 7) is 0. The van der Waals surface area contributed by atoms with Crippen molar-refractivity contribution >= 4 is 27.6 Å². The molecule has 4 nitrogen and oxygen atoms in total. The average Bonchev–Trinajstić information content (AvgIpc) is 2.23. The van der Waals surface area contributed by atoms with Crippen molar-refractivity contribution in [1.29, 1.82) is 5.26 Å². The van der Waals surface area contributed by atoms with E-state index in [-0.39, 0.29) is 0 Å². The Morgan fingerprint density at radius 1 is 1.53 bits per heavy atom. The van der Waals surface area contributed by atoms with Gasteiger partial charge in [-0.05, 0) is 37.5 Å². The number of nitriles is 1. The van der Waals surface area contributed by atoms with Crippen molar-refractivity contribution in [1.82, 2.24) is 0 Å². The highest BCUT2D eigenvalue weighted by atomic mass is 79.9. The van der Waals surface area contributed by atoms with Gasteiger partial charge in [-0.15, -0.1) is 0 Å². The number of anilines is 1. The number of carboxylic acid groups (broad SMARTS) is 1. The van der Waals surface area contributed by atoms with Gasteiger partial charge in [0.05, 0.1) is 11.3 Å². The second-order valence-corrected chi connectivity index (χ2v) is 5.08. The summed E-state index contributed by atoms with van der Waals surface area (Å²) in [6.07, 6.45) is 2.09. The summed E-state index contributed by atoms with van der Waals surface area (Å²) in [6, 6.07) is 7.22. The quantitative estimate of drug-likeness (QED) is 0.899. The van der Waals surface area contributed by atoms with Crippen molar-refractivity contribution in [3.05, 3.63) is 28.2 Å². The first-order chi connectivity index (χ1) is 8.07. The molecule has 0 unspecified atom stereocenters. The van der Waals surface area contributed by atoms with Gasteiger partial charge in [-0.1, -0.05) is 15.9 Å². The number of nitrogens with one attached hydrogen (secondary N) is 1. The molecule has 5 heteroatoms. The molecule has 17 heavy (non-hydrogen) atoms. The number of aliphatic carboxylic acids is 1. The van der Waals surface area contributed by atoms with E-state index in [0.29, 0.717) is 24.1 Å². The first-order valence-corrected chi connectivity index (χ1v) is 6.08. The first kappa shape index (κ1) is 11.9. The Bertz CT molecular complexity index is 504. The maximum atomic E-state index is 11.2. The molecule has 0 radical (unpaired) electrons. The molecule has 2 rings (SSSR count). The van der Waals surface area contributed by atoms with E-state index in [1.807, 2.05) is 0 Å². The number of rotatable bonds is 3. The van der Waals surface area contributed by atoms with Crippen LogP contribution in [-0.4, -0.2) is 16.6 Å². The van der Waals surface area contributed by atoms with Crippen LogP contribution in [0, 0.1) is 11.3 Å². The molecule has 0 amide bonds. The zero-order valence-corrected chi connectivity index (χ0v) is 10.6. The summed E-state index contributed by atoms with van der Waals surface area (Å²) in [5.41, 5.74) is 0.136. The minimum absolute atomic E-state index is 0.459. The molecule has 1 aromatic rings. The van der Waals surface area contributed by atoms with Crippen LogP contribution in [0.15, 0.2) is 22.7 Å². The minimum Gasteiger partial charge on any atom is -0.480 e. The van der Waals surface area contributed by atoms with Crippen LogP contribution in [0.4, 0.5) is 5.69 Å². The Labute approximate surface area is 107 Å². The highest BCUT2D eigenvalue weighted by molar-refractivity contribution is 9.10. The predicted molar refractivity (Wildman–Crippen MR) is 66.7 cm³/mol. The van der Waals surface area contributed by atoms with E-state index < -0.39 is 11.5 Å². The molecule has 0 heterocycles. The molecule has 0 aromatic heterocycles. The molecule has 1 aliphatic carbocycles. The molecule has 0 saturated heterocycles. The van der Waals surface area contributed by atoms with Gasteiger partial charge in [0.1, 0.15) is 11.6 Å². The van der Waals surface area contributed by atoms with Gasteiger partial charge in [0.2, 0.25) is 0 Å². The third-order valence-electron chi connectivity index (χ3n) is 3.09. The lowest BCUT2D eigenvalue weighted by Gasteiger charge is -2.39. The monoisotopic (exact) mass is 294 g/mol. The second kappa shape index (κ2) is 4.38. The standard InChI is InChI=1S/C12H11BrN2O2/c13-9-3-2-8(7-14)10(6-9)15-12(11(16)17)4-1-5-12/h2-3,6,15H,1,4-5H2,(H,16,17). The fourth-order valence-corrected chi connectivity index (χ4v) is 2.26. The highest BCUT2D eigenvalue weighted by Crippen LogP contribution is 2.37. The van der Waals surface area contributed by atoms with Crippen LogP contribution in [0.2, 0.25) is 0 Å². The summed E-state index contributed by atoms with van der Waals surface area (Å²) in [4.78, 5) is 11.2. The zero-order chi connectivity index (χ0) is 12.5. The summed E-state index contributed by atoms with van der Waals surface area (Å²) in [5.74, 6) is -0.854. The Balaban J connectivity index is 2.32. The van der Waals surface area contributed by atoms with Crippen molar-refractivity contribution in [3.8, 4) is 6.07 Å². The number of hydrogen-bond donors (Lipinski definition) is 2. The molecule has 88 valence electrons. The van der Waals surface area contributed by atoms with Crippen molar-refractivity contribution in [2.24, 2.45) is 0 Å². The summed E-state index contributed by atoms with van der Waals surface area (Å²) in [5, 5.41) is 21.2. The van der Waals surface area contributed by atoms with Crippen molar-refractivity contribution in [3.63, 3.8) is 0 Å². The Hall–Kier alpha value is -1.54. The lowest BCUT2D eigenvalue weighted by molar-refractivity contribution is -0.145. The Kier molecular flexibility index (Phi) is 3.07. The Morgan fingerprint density at radius 3 is 2.71 bits per heavy atom. The maximum Gasteiger partial charge on any atom is 0.329 e. The maximum absolute atomic E-state index is 11.2. The lowest BCUT2D eigenvalue weighted by atomic mass is 9.76. The summed E-state index contributed by atoms with van der Waals surface area (Å²) < 4.78 is 0.818. The third-order valence-corrected chi connectivity index (χ3v) is 3.59. The second-order valence-electron chi connectivity index (χ2n) is 4.17. The number of nitrogens with zero attached hydrogens (tertiary/aromatic N) is 1. The summed E-state index contributed by atoms with van der Waals surface area (Å²) >= 11 is 3.31. The van der Waals surface area contributed by atoms with Crippen molar-refractivity contribution in [2.75, 3.05) is 5.32 Å². The van der Waals surface area contributed by atoms with Crippen molar-refractivity contribution in [2.45, 2.75) is 24.8 Å². The number of hydrogen-bond acceptors (Lipinski definition) is 3. The van der Waals surface area contributed by atoms with Crippen LogP contribution in [0.25, 0.3) is 0 Å². The van der Waals surface area contributed by atoms with Crippen LogP contribution < -0.4 is 5.32 Å². The van der Waals surface area contributed by atoms with Gasteiger partial charge >= 0.3 is 5.97 Å². The topological polar surface area (TPSA) is 73.1 Å². The molecule has 0 atom stereocenters. The van der Waals surface area contributed by atoms with Crippen LogP contribution in [0.3, 0.4) is 0 Å². The predicted octanol–water partition coefficient (Wildman–Crippen LogP) is 2.74. The van der Waals surface area contributed by atoms with E-state index in [9.17, 15) is 9.90 Å². The van der Waals surface area contributed by atoms with Crippen LogP contribution >= 0.6 is 15.9 Å². The minimum atomic E-state index is -0.896. The fraction of sp³-hybridized carbons (Fsp3) is 0.333. The van der Waals surface area contributed by atoms with Crippen LogP contribution in [0.1, 0.15) is 24.8 Å². The highest BCUT2D eigenvalue weighted by Gasteiger charge is 2.44. The van der Waals surface area contributed by atoms with Crippen LogP contribution in [-0.2, 0) is 4.79 Å². The molecular weight excluding hydrogens is 284 g/mol. The van der Waals surface area contributed by atoms with E-state index in [0.717, 1.165) is 10.9 Å². The number of carboxylic acids is 1. The fourth-order valence-electron chi connectivity index (χ4n) is 1.90. The van der Waals surface area contributed by atoms with Crippen LogP contribution in [0.5, 0.6) is 0 Å². The largest absolute Gasteiger partial charge is 0.480 e. The van der Waals surface area contributed by atoms with E-state index in [2.05, 4.69) is 27.3 Å². The van der Waals surface area contributed by atoms with Gasteiger partial charge in [-0.2, -0.15) is 5.26 Å². The molecule has 1 aliphatic rings. The number of benzene rings is 1. The van der Waals surface area contributed by atoms with E-state index >= 15 is 0 Å². The van der Waals surface area contributed by atoms with Gasteiger partial charge in [-0.3, -0.25) is 0 Å². The molecule has 0 aliphatic heterocycles. The summed E-state index contributed by atoms with van der Waals surface area (Å²) in [7, 11) is 0. The number of halogens is 1. The number of carbonyl (C=O) groups is 1. The van der Waals surface area contributed by atoms with Gasteiger partial charge < -0.3 is 10.4 Å². The first-order valence-electron chi connectivity index (χ1n) is 5.29. The van der Waals surface area contributed by atoms with Gasteiger partial charge in [0, 0.05) is 4.47 Å². The van der Waals surface area contributed by atoms with E-state index in [1.165, 1.54) is 0 Å². The molecule has 0 bridgehead atoms. The lowest BCUT2D eigenvalue weighted by Crippen LogP contribution is -2.52. The SMILES string of the molecule is N#Cc1ccc(Br)cc1NC1(C(=O)O)CCC1. The zero-order valence-electron chi connectivity index (χ0n) is 9.03. The molecule has 1 aromatic carbocycles. The van der Waals surface area contributed by atoms with E-state index in [4.69, 9.17) is 5.26 Å². The molecular formula is C12H11BrN2O2. The van der Waals surface area contributed by atoms with E-state index in [1.54, 1.807) is 18.2 Å². The third kappa shape index (κ3) is 2.13. The molecule has 1 fully saturated rings. The molecule has 0 spiro atoms. The van der Waals surface area contributed by atoms with Gasteiger partial charge in [0.25, 0.3) is 0 Å².